The molecule has 2 aromatic heterocycles. The molecule has 0 bridgehead atoms. The predicted molar refractivity (Wildman–Crippen MR) is 76.9 cm³/mol. The Morgan fingerprint density at radius 2 is 2.12 bits per heavy atom. The summed E-state index contributed by atoms with van der Waals surface area (Å²) < 4.78 is 38.7. The average molecular weight is 364 g/mol. The zero-order valence-corrected chi connectivity index (χ0v) is 12.7. The van der Waals surface area contributed by atoms with Crippen molar-refractivity contribution in [3.63, 3.8) is 0 Å². The second-order valence-corrected chi connectivity index (χ2v) is 4.88. The Hall–Kier alpha value is -2.69. The van der Waals surface area contributed by atoms with E-state index in [1.54, 1.807) is 0 Å². The predicted octanol–water partition coefficient (Wildman–Crippen LogP) is 3.20. The summed E-state index contributed by atoms with van der Waals surface area (Å²) in [5.74, 6) is -1.19. The molecule has 1 N–H and O–H groups in total. The molecule has 0 saturated heterocycles. The Labute approximate surface area is 137 Å². The van der Waals surface area contributed by atoms with Crippen molar-refractivity contribution in [1.82, 2.24) is 14.8 Å². The summed E-state index contributed by atoms with van der Waals surface area (Å²) in [6.07, 6.45) is -3.28. The third kappa shape index (κ3) is 3.45. The van der Waals surface area contributed by atoms with E-state index in [0.29, 0.717) is 12.3 Å². The molecule has 0 aliphatic heterocycles. The molecule has 0 unspecified atom stereocenters. The van der Waals surface area contributed by atoms with E-state index in [0.717, 1.165) is 10.9 Å². The molecule has 2 rings (SSSR count). The van der Waals surface area contributed by atoms with Crippen LogP contribution in [0.5, 0.6) is 0 Å². The van der Waals surface area contributed by atoms with E-state index < -0.39 is 33.3 Å². The quantitative estimate of drug-likeness (QED) is 0.663. The van der Waals surface area contributed by atoms with Crippen LogP contribution in [-0.2, 0) is 11.0 Å². The summed E-state index contributed by atoms with van der Waals surface area (Å²) in [7, 11) is 0. The van der Waals surface area contributed by atoms with Gasteiger partial charge in [0, 0.05) is 12.6 Å². The monoisotopic (exact) mass is 363 g/mol. The van der Waals surface area contributed by atoms with Crippen LogP contribution in [0.3, 0.4) is 0 Å². The van der Waals surface area contributed by atoms with Gasteiger partial charge in [0.15, 0.2) is 5.82 Å². The smallest absolute Gasteiger partial charge is 0.305 e. The zero-order chi connectivity index (χ0) is 18.1. The first kappa shape index (κ1) is 17.7. The maximum Gasteiger partial charge on any atom is 0.417 e. The maximum atomic E-state index is 12.6. The minimum Gasteiger partial charge on any atom is -0.305 e. The van der Waals surface area contributed by atoms with E-state index in [9.17, 15) is 28.1 Å². The summed E-state index contributed by atoms with van der Waals surface area (Å²) in [5, 5.41) is 16.5. The van der Waals surface area contributed by atoms with Crippen LogP contribution in [0.1, 0.15) is 18.9 Å². The van der Waals surface area contributed by atoms with E-state index in [1.165, 1.54) is 6.92 Å². The molecule has 0 aromatic carbocycles. The first-order valence-corrected chi connectivity index (χ1v) is 6.78. The first-order valence-electron chi connectivity index (χ1n) is 6.40. The molecule has 1 amide bonds. The fourth-order valence-electron chi connectivity index (χ4n) is 1.71. The fourth-order valence-corrected chi connectivity index (χ4v) is 1.96. The number of anilines is 1. The second-order valence-electron chi connectivity index (χ2n) is 4.48. The number of nitrogens with one attached hydrogen (secondary N) is 1. The normalized spacial score (nSPS) is 11.4. The Morgan fingerprint density at radius 1 is 1.46 bits per heavy atom. The van der Waals surface area contributed by atoms with Gasteiger partial charge in [-0.25, -0.2) is 4.98 Å². The molecule has 0 aliphatic carbocycles. The van der Waals surface area contributed by atoms with Crippen LogP contribution in [-0.4, -0.2) is 25.6 Å². The molecule has 24 heavy (non-hydrogen) atoms. The number of carbonyl (C=O) groups is 1. The summed E-state index contributed by atoms with van der Waals surface area (Å²) in [4.78, 5) is 25.3. The van der Waals surface area contributed by atoms with E-state index >= 15 is 0 Å². The van der Waals surface area contributed by atoms with Crippen molar-refractivity contribution in [3.8, 4) is 5.82 Å². The largest absolute Gasteiger partial charge is 0.417 e. The van der Waals surface area contributed by atoms with Crippen LogP contribution in [0.15, 0.2) is 18.5 Å². The lowest BCUT2D eigenvalue weighted by Gasteiger charge is -2.11. The van der Waals surface area contributed by atoms with Crippen LogP contribution >= 0.6 is 11.6 Å². The van der Waals surface area contributed by atoms with Crippen molar-refractivity contribution in [1.29, 1.82) is 0 Å². The Balaban J connectivity index is 2.56. The minimum atomic E-state index is -4.65. The second kappa shape index (κ2) is 6.43. The lowest BCUT2D eigenvalue weighted by atomic mass is 10.3. The van der Waals surface area contributed by atoms with E-state index in [2.05, 4.69) is 15.4 Å². The minimum absolute atomic E-state index is 0.0243. The van der Waals surface area contributed by atoms with Gasteiger partial charge in [-0.2, -0.15) is 23.0 Å². The average Bonchev–Trinajstić information content (AvgIpc) is 2.89. The number of hydrogen-bond donors (Lipinski definition) is 1. The number of alkyl halides is 3. The fraction of sp³-hybridized carbons (Fsp3) is 0.250. The number of aromatic nitrogens is 3. The highest BCUT2D eigenvalue weighted by atomic mass is 35.5. The van der Waals surface area contributed by atoms with E-state index in [4.69, 9.17) is 11.6 Å². The lowest BCUT2D eigenvalue weighted by molar-refractivity contribution is -0.384. The SMILES string of the molecule is CCC(=O)Nc1c([N+](=O)[O-])cnn1-c1ncc(C(F)(F)F)cc1Cl. The molecule has 0 radical (unpaired) electrons. The molecule has 0 atom stereocenters. The topological polar surface area (TPSA) is 103 Å². The molecule has 12 heteroatoms. The molecule has 0 spiro atoms. The summed E-state index contributed by atoms with van der Waals surface area (Å²) >= 11 is 5.80. The van der Waals surface area contributed by atoms with Crippen LogP contribution in [0.4, 0.5) is 24.7 Å². The van der Waals surface area contributed by atoms with Gasteiger partial charge in [0.1, 0.15) is 6.20 Å². The Kier molecular flexibility index (Phi) is 4.73. The molecule has 2 heterocycles. The number of amides is 1. The highest BCUT2D eigenvalue weighted by Gasteiger charge is 2.32. The van der Waals surface area contributed by atoms with Crippen molar-refractivity contribution >= 4 is 29.0 Å². The van der Waals surface area contributed by atoms with Crippen molar-refractivity contribution in [3.05, 3.63) is 39.2 Å². The first-order chi connectivity index (χ1) is 11.1. The van der Waals surface area contributed by atoms with Crippen LogP contribution in [0, 0.1) is 10.1 Å². The Morgan fingerprint density at radius 3 is 2.62 bits per heavy atom. The zero-order valence-electron chi connectivity index (χ0n) is 12.0. The van der Waals surface area contributed by atoms with Gasteiger partial charge >= 0.3 is 11.9 Å². The number of hydrogen-bond acceptors (Lipinski definition) is 5. The summed E-state index contributed by atoms with van der Waals surface area (Å²) in [5.41, 5.74) is -1.63. The molecule has 0 aliphatic rings. The maximum absolute atomic E-state index is 12.6. The number of pyridine rings is 1. The Bertz CT molecular complexity index is 806. The number of carbonyl (C=O) groups excluding carboxylic acids is 1. The third-order valence-corrected chi connectivity index (χ3v) is 3.15. The van der Waals surface area contributed by atoms with Gasteiger partial charge in [-0.15, -0.1) is 0 Å². The van der Waals surface area contributed by atoms with Crippen molar-refractivity contribution in [2.24, 2.45) is 0 Å². The highest BCUT2D eigenvalue weighted by Crippen LogP contribution is 2.34. The van der Waals surface area contributed by atoms with Gasteiger partial charge in [-0.1, -0.05) is 18.5 Å². The van der Waals surface area contributed by atoms with Gasteiger partial charge in [0.2, 0.25) is 11.7 Å². The molecule has 8 nitrogen and oxygen atoms in total. The number of rotatable bonds is 4. The van der Waals surface area contributed by atoms with Gasteiger partial charge in [-0.05, 0) is 6.07 Å². The van der Waals surface area contributed by atoms with Gasteiger partial charge in [-0.3, -0.25) is 14.9 Å². The lowest BCUT2D eigenvalue weighted by Crippen LogP contribution is -2.16. The van der Waals surface area contributed by atoms with Crippen LogP contribution < -0.4 is 5.32 Å². The molecule has 0 saturated carbocycles. The van der Waals surface area contributed by atoms with E-state index in [-0.39, 0.29) is 18.1 Å². The van der Waals surface area contributed by atoms with Crippen molar-refractivity contribution in [2.75, 3.05) is 5.32 Å². The molecule has 2 aromatic rings. The summed E-state index contributed by atoms with van der Waals surface area (Å²) in [6, 6.07) is 0.614. The number of nitro groups is 1. The van der Waals surface area contributed by atoms with Gasteiger partial charge in [0.25, 0.3) is 0 Å². The van der Waals surface area contributed by atoms with Crippen LogP contribution in [0.2, 0.25) is 5.02 Å². The highest BCUT2D eigenvalue weighted by molar-refractivity contribution is 6.32. The third-order valence-electron chi connectivity index (χ3n) is 2.88. The number of nitrogens with zero attached hydrogens (tertiary/aromatic N) is 4. The van der Waals surface area contributed by atoms with Crippen LogP contribution in [0.25, 0.3) is 5.82 Å². The van der Waals surface area contributed by atoms with Gasteiger partial charge in [0.05, 0.1) is 15.5 Å². The standard InChI is InChI=1S/C12H9ClF3N5O3/c1-2-9(22)19-11-8(21(23)24)5-18-20(11)10-7(13)3-6(4-17-10)12(14,15)16/h3-5H,2H2,1H3,(H,19,22). The van der Waals surface area contributed by atoms with E-state index in [1.807, 2.05) is 0 Å². The van der Waals surface area contributed by atoms with Crippen molar-refractivity contribution < 1.29 is 22.9 Å². The molecular weight excluding hydrogens is 355 g/mol. The molecule has 0 fully saturated rings. The van der Waals surface area contributed by atoms with Gasteiger partial charge < -0.3 is 5.32 Å². The molecular formula is C12H9ClF3N5O3. The summed E-state index contributed by atoms with van der Waals surface area (Å²) in [6.45, 7) is 1.52. The number of halogens is 4. The van der Waals surface area contributed by atoms with Crippen molar-refractivity contribution in [2.45, 2.75) is 19.5 Å². The molecule has 128 valence electrons.